The fraction of sp³-hybridized carbons (Fsp3) is 0.222. The van der Waals surface area contributed by atoms with Gasteiger partial charge in [-0.05, 0) is 54.3 Å². The fourth-order valence-corrected chi connectivity index (χ4v) is 3.82. The van der Waals surface area contributed by atoms with Crippen LogP contribution in [0.25, 0.3) is 11.3 Å². The van der Waals surface area contributed by atoms with E-state index in [0.29, 0.717) is 18.5 Å². The summed E-state index contributed by atoms with van der Waals surface area (Å²) in [7, 11) is 1.60. The zero-order valence-corrected chi connectivity index (χ0v) is 19.6. The molecule has 2 aromatic carbocycles. The van der Waals surface area contributed by atoms with E-state index in [2.05, 4.69) is 16.4 Å². The number of aryl methyl sites for hydroxylation is 2. The van der Waals surface area contributed by atoms with Crippen molar-refractivity contribution in [2.75, 3.05) is 19.4 Å². The molecule has 2 aromatic heterocycles. The molecule has 0 bridgehead atoms. The van der Waals surface area contributed by atoms with Gasteiger partial charge >= 0.3 is 0 Å². The summed E-state index contributed by atoms with van der Waals surface area (Å²) in [5, 5.41) is 2.82. The second kappa shape index (κ2) is 11.2. The Hall–Kier alpha value is -4.33. The standard InChI is InChI=1S/C27H28N4O4/c1-34-23-11-8-20(9-12-23)17-25(32)29-13-14-31-26(33)18-22(30-27(31)28)10-7-19-4-2-5-21(16-19)24-6-3-15-35-24/h2-6,8-9,11-12,15-16,18H,7,10,13-14,17H2,1H3,(H2,28,30)(H,29,32). The maximum atomic E-state index is 12.6. The monoisotopic (exact) mass is 472 g/mol. The van der Waals surface area contributed by atoms with Gasteiger partial charge in [-0.3, -0.25) is 14.2 Å². The van der Waals surface area contributed by atoms with Crippen molar-refractivity contribution in [2.45, 2.75) is 25.8 Å². The first-order valence-corrected chi connectivity index (χ1v) is 11.4. The Morgan fingerprint density at radius 3 is 2.60 bits per heavy atom. The average molecular weight is 473 g/mol. The first-order chi connectivity index (χ1) is 17.0. The number of aromatic nitrogens is 2. The van der Waals surface area contributed by atoms with E-state index in [1.54, 1.807) is 13.4 Å². The van der Waals surface area contributed by atoms with Crippen LogP contribution in [0.15, 0.2) is 82.2 Å². The lowest BCUT2D eigenvalue weighted by atomic mass is 10.0. The van der Waals surface area contributed by atoms with Gasteiger partial charge in [-0.1, -0.05) is 30.3 Å². The summed E-state index contributed by atoms with van der Waals surface area (Å²) < 4.78 is 12.0. The van der Waals surface area contributed by atoms with E-state index in [-0.39, 0.29) is 36.9 Å². The molecular weight excluding hydrogens is 444 g/mol. The molecule has 0 aliphatic rings. The van der Waals surface area contributed by atoms with E-state index < -0.39 is 0 Å². The van der Waals surface area contributed by atoms with Crippen molar-refractivity contribution in [2.24, 2.45) is 0 Å². The molecule has 35 heavy (non-hydrogen) atoms. The van der Waals surface area contributed by atoms with Crippen LogP contribution in [0.5, 0.6) is 5.75 Å². The van der Waals surface area contributed by atoms with Crippen LogP contribution in [0, 0.1) is 0 Å². The highest BCUT2D eigenvalue weighted by Crippen LogP contribution is 2.21. The summed E-state index contributed by atoms with van der Waals surface area (Å²) in [6, 6.07) is 20.7. The predicted molar refractivity (Wildman–Crippen MR) is 134 cm³/mol. The first kappa shape index (κ1) is 23.8. The molecule has 0 saturated carbocycles. The lowest BCUT2D eigenvalue weighted by Crippen LogP contribution is -2.33. The minimum absolute atomic E-state index is 0.136. The molecule has 0 radical (unpaired) electrons. The number of carbonyl (C=O) groups excluding carboxylic acids is 1. The van der Waals surface area contributed by atoms with Crippen molar-refractivity contribution < 1.29 is 13.9 Å². The largest absolute Gasteiger partial charge is 0.497 e. The number of methoxy groups -OCH3 is 1. The second-order valence-electron chi connectivity index (χ2n) is 8.15. The van der Waals surface area contributed by atoms with E-state index in [0.717, 1.165) is 28.2 Å². The van der Waals surface area contributed by atoms with E-state index in [1.807, 2.05) is 54.6 Å². The SMILES string of the molecule is COc1ccc(CC(=O)NCCn2c(N)nc(CCc3cccc(-c4ccco4)c3)cc2=O)cc1. The molecule has 4 aromatic rings. The van der Waals surface area contributed by atoms with Crippen LogP contribution in [0.2, 0.25) is 0 Å². The van der Waals surface area contributed by atoms with Gasteiger partial charge < -0.3 is 20.2 Å². The van der Waals surface area contributed by atoms with E-state index in [4.69, 9.17) is 14.9 Å². The molecule has 3 N–H and O–H groups in total. The number of nitrogens with one attached hydrogen (secondary N) is 1. The van der Waals surface area contributed by atoms with Crippen molar-refractivity contribution in [3.05, 3.63) is 100 Å². The van der Waals surface area contributed by atoms with Crippen LogP contribution in [0.3, 0.4) is 0 Å². The van der Waals surface area contributed by atoms with E-state index >= 15 is 0 Å². The average Bonchev–Trinajstić information content (AvgIpc) is 3.40. The van der Waals surface area contributed by atoms with Gasteiger partial charge in [0.15, 0.2) is 0 Å². The highest BCUT2D eigenvalue weighted by Gasteiger charge is 2.09. The molecule has 8 heteroatoms. The normalized spacial score (nSPS) is 10.8. The summed E-state index contributed by atoms with van der Waals surface area (Å²) >= 11 is 0. The molecule has 0 fully saturated rings. The first-order valence-electron chi connectivity index (χ1n) is 11.4. The van der Waals surface area contributed by atoms with Crippen molar-refractivity contribution in [3.63, 3.8) is 0 Å². The second-order valence-corrected chi connectivity index (χ2v) is 8.15. The van der Waals surface area contributed by atoms with Crippen molar-refractivity contribution in [1.29, 1.82) is 0 Å². The molecular formula is C27H28N4O4. The number of nitrogen functional groups attached to an aromatic ring is 1. The smallest absolute Gasteiger partial charge is 0.255 e. The molecule has 1 amide bonds. The van der Waals surface area contributed by atoms with Gasteiger partial charge in [0.25, 0.3) is 5.56 Å². The van der Waals surface area contributed by atoms with Gasteiger partial charge in [0.1, 0.15) is 11.5 Å². The maximum absolute atomic E-state index is 12.6. The van der Waals surface area contributed by atoms with Crippen molar-refractivity contribution >= 4 is 11.9 Å². The molecule has 4 rings (SSSR count). The van der Waals surface area contributed by atoms with Crippen LogP contribution < -0.4 is 21.3 Å². The van der Waals surface area contributed by atoms with Crippen LogP contribution in [0.1, 0.15) is 16.8 Å². The number of furan rings is 1. The molecule has 0 unspecified atom stereocenters. The van der Waals surface area contributed by atoms with E-state index in [9.17, 15) is 9.59 Å². The van der Waals surface area contributed by atoms with Crippen LogP contribution in [-0.2, 0) is 30.6 Å². The Morgan fingerprint density at radius 2 is 1.89 bits per heavy atom. The molecule has 0 aliphatic carbocycles. The number of nitrogens with two attached hydrogens (primary N) is 1. The number of rotatable bonds is 10. The topological polar surface area (TPSA) is 112 Å². The Kier molecular flexibility index (Phi) is 7.62. The summed E-state index contributed by atoms with van der Waals surface area (Å²) in [5.74, 6) is 1.56. The highest BCUT2D eigenvalue weighted by atomic mass is 16.5. The minimum atomic E-state index is -0.235. The molecule has 8 nitrogen and oxygen atoms in total. The number of ether oxygens (including phenoxy) is 1. The number of carbonyl (C=O) groups is 1. The zero-order chi connectivity index (χ0) is 24.6. The van der Waals surface area contributed by atoms with Crippen molar-refractivity contribution in [1.82, 2.24) is 14.9 Å². The Bertz CT molecular complexity index is 1330. The number of nitrogens with zero attached hydrogens (tertiary/aromatic N) is 2. The number of benzene rings is 2. The molecule has 2 heterocycles. The van der Waals surface area contributed by atoms with Gasteiger partial charge in [0.2, 0.25) is 11.9 Å². The van der Waals surface area contributed by atoms with Gasteiger partial charge in [-0.25, -0.2) is 4.98 Å². The zero-order valence-electron chi connectivity index (χ0n) is 19.6. The molecule has 0 atom stereocenters. The third kappa shape index (κ3) is 6.38. The third-order valence-electron chi connectivity index (χ3n) is 5.67. The summed E-state index contributed by atoms with van der Waals surface area (Å²) in [6.45, 7) is 0.525. The molecule has 0 aliphatic heterocycles. The Morgan fingerprint density at radius 1 is 1.06 bits per heavy atom. The van der Waals surface area contributed by atoms with Gasteiger partial charge in [-0.15, -0.1) is 0 Å². The molecule has 0 saturated heterocycles. The number of hydrogen-bond acceptors (Lipinski definition) is 6. The molecule has 180 valence electrons. The Labute approximate surface area is 203 Å². The third-order valence-corrected chi connectivity index (χ3v) is 5.67. The highest BCUT2D eigenvalue weighted by molar-refractivity contribution is 5.78. The van der Waals surface area contributed by atoms with Gasteiger partial charge in [0, 0.05) is 24.7 Å². The van der Waals surface area contributed by atoms with Gasteiger partial charge in [0.05, 0.1) is 25.5 Å². The minimum Gasteiger partial charge on any atom is -0.497 e. The van der Waals surface area contributed by atoms with Crippen LogP contribution in [0.4, 0.5) is 5.95 Å². The number of amides is 1. The number of anilines is 1. The summed E-state index contributed by atoms with van der Waals surface area (Å²) in [6.07, 6.45) is 3.19. The number of hydrogen-bond donors (Lipinski definition) is 2. The fourth-order valence-electron chi connectivity index (χ4n) is 3.82. The van der Waals surface area contributed by atoms with E-state index in [1.165, 1.54) is 10.6 Å². The van der Waals surface area contributed by atoms with Crippen LogP contribution >= 0.6 is 0 Å². The predicted octanol–water partition coefficient (Wildman–Crippen LogP) is 3.24. The summed E-state index contributed by atoms with van der Waals surface area (Å²) in [5.41, 5.74) is 9.46. The Balaban J connectivity index is 1.30. The lowest BCUT2D eigenvalue weighted by Gasteiger charge is -2.11. The van der Waals surface area contributed by atoms with Gasteiger partial charge in [-0.2, -0.15) is 0 Å². The van der Waals surface area contributed by atoms with Crippen molar-refractivity contribution in [3.8, 4) is 17.1 Å². The quantitative estimate of drug-likeness (QED) is 0.366. The molecule has 0 spiro atoms. The van der Waals surface area contributed by atoms with Crippen LogP contribution in [-0.4, -0.2) is 29.1 Å². The lowest BCUT2D eigenvalue weighted by molar-refractivity contribution is -0.120. The summed E-state index contributed by atoms with van der Waals surface area (Å²) in [4.78, 5) is 29.2. The maximum Gasteiger partial charge on any atom is 0.255 e.